The van der Waals surface area contributed by atoms with Gasteiger partial charge in [0.2, 0.25) is 0 Å². The monoisotopic (exact) mass is 218 g/mol. The molecule has 16 heavy (non-hydrogen) atoms. The van der Waals surface area contributed by atoms with Gasteiger partial charge in [-0.3, -0.25) is 9.79 Å². The fourth-order valence-electron chi connectivity index (χ4n) is 1.61. The van der Waals surface area contributed by atoms with Crippen LogP contribution in [0.4, 0.5) is 0 Å². The Morgan fingerprint density at radius 3 is 2.69 bits per heavy atom. The molecule has 0 radical (unpaired) electrons. The molecule has 0 saturated heterocycles. The Morgan fingerprint density at radius 1 is 1.31 bits per heavy atom. The van der Waals surface area contributed by atoms with Crippen LogP contribution in [0.1, 0.15) is 28.8 Å². The highest BCUT2D eigenvalue weighted by atomic mass is 16.2. The summed E-state index contributed by atoms with van der Waals surface area (Å²) in [6, 6.07) is 7.49. The van der Waals surface area contributed by atoms with Crippen molar-refractivity contribution in [2.45, 2.75) is 19.8 Å². The number of carbonyl (C=O) groups excluding carboxylic acids is 1. The molecule has 0 unspecified atom stereocenters. The molecule has 0 bridgehead atoms. The largest absolute Gasteiger partial charge is 0.286 e. The molecular weight excluding hydrogens is 202 g/mol. The minimum atomic E-state index is -0.110. The van der Waals surface area contributed by atoms with Gasteiger partial charge in [0.05, 0.1) is 13.0 Å². The van der Waals surface area contributed by atoms with Gasteiger partial charge >= 0.3 is 0 Å². The number of carbonyl (C=O) groups is 1. The first kappa shape index (κ1) is 10.7. The zero-order valence-corrected chi connectivity index (χ0v) is 9.34. The van der Waals surface area contributed by atoms with Crippen molar-refractivity contribution in [1.29, 1.82) is 0 Å². The molecule has 4 nitrogen and oxygen atoms in total. The summed E-state index contributed by atoms with van der Waals surface area (Å²) >= 11 is 0. The lowest BCUT2D eigenvalue weighted by Gasteiger charge is -2.02. The zero-order valence-electron chi connectivity index (χ0n) is 9.34. The van der Waals surface area contributed by atoms with Crippen LogP contribution >= 0.6 is 0 Å². The fraction of sp³-hybridized carbons (Fsp3) is 0.333. The maximum absolute atomic E-state index is 11.7. The number of hydrazine groups is 1. The first-order valence-electron chi connectivity index (χ1n) is 5.48. The van der Waals surface area contributed by atoms with Gasteiger partial charge in [0.25, 0.3) is 11.7 Å². The molecule has 2 rings (SSSR count). The molecule has 1 amide bonds. The molecule has 0 atom stereocenters. The van der Waals surface area contributed by atoms with E-state index in [9.17, 15) is 4.79 Å². The van der Waals surface area contributed by atoms with Crippen molar-refractivity contribution in [2.75, 3.05) is 6.54 Å². The lowest BCUT2D eigenvalue weighted by atomic mass is 10.1. The van der Waals surface area contributed by atoms with E-state index < -0.39 is 0 Å². The summed E-state index contributed by atoms with van der Waals surface area (Å²) < 4.78 is 0. The van der Waals surface area contributed by atoms with Crippen LogP contribution in [0.2, 0.25) is 0 Å². The van der Waals surface area contributed by atoms with Gasteiger partial charge in [-0.05, 0) is 25.5 Å². The second-order valence-corrected chi connectivity index (χ2v) is 3.95. The number of amides is 1. The third-order valence-electron chi connectivity index (χ3n) is 2.58. The maximum Gasteiger partial charge on any atom is 0.286 e. The van der Waals surface area contributed by atoms with Crippen LogP contribution in [0.15, 0.2) is 24.3 Å². The predicted octanol–water partition coefficient (Wildman–Crippen LogP) is -0.498. The van der Waals surface area contributed by atoms with Crippen LogP contribution in [0, 0.1) is 6.92 Å². The number of rotatable bonds is 1. The van der Waals surface area contributed by atoms with Crippen LogP contribution in [0.3, 0.4) is 0 Å². The molecule has 0 aromatic heterocycles. The summed E-state index contributed by atoms with van der Waals surface area (Å²) in [5.41, 5.74) is 7.39. The van der Waals surface area contributed by atoms with E-state index >= 15 is 0 Å². The van der Waals surface area contributed by atoms with Crippen LogP contribution in [-0.2, 0) is 0 Å². The molecule has 4 heteroatoms. The maximum atomic E-state index is 11.7. The molecule has 0 aliphatic carbocycles. The topological polar surface area (TPSA) is 55.1 Å². The summed E-state index contributed by atoms with van der Waals surface area (Å²) in [6.45, 7) is 2.97. The van der Waals surface area contributed by atoms with Crippen molar-refractivity contribution >= 4 is 11.7 Å². The van der Waals surface area contributed by atoms with E-state index in [2.05, 4.69) is 15.8 Å². The molecule has 0 fully saturated rings. The van der Waals surface area contributed by atoms with Crippen LogP contribution in [0.5, 0.6) is 0 Å². The Labute approximate surface area is 94.7 Å². The van der Waals surface area contributed by atoms with Crippen molar-refractivity contribution < 1.29 is 9.79 Å². The highest BCUT2D eigenvalue weighted by Gasteiger charge is 2.14. The molecule has 1 heterocycles. The number of amidine groups is 1. The van der Waals surface area contributed by atoms with Gasteiger partial charge in [0.1, 0.15) is 0 Å². The average molecular weight is 218 g/mol. The fourth-order valence-corrected chi connectivity index (χ4v) is 1.61. The SMILES string of the molecule is Cc1ccc(C(=O)NNC2=[NH+]CCC2)cc1. The number of benzene rings is 1. The smallest absolute Gasteiger partial charge is 0.277 e. The van der Waals surface area contributed by atoms with Crippen molar-refractivity contribution in [1.82, 2.24) is 10.9 Å². The Hall–Kier alpha value is -1.84. The second kappa shape index (κ2) is 4.79. The molecule has 84 valence electrons. The number of aryl methyl sites for hydroxylation is 1. The Morgan fingerprint density at radius 2 is 2.06 bits per heavy atom. The third-order valence-corrected chi connectivity index (χ3v) is 2.58. The molecule has 3 N–H and O–H groups in total. The van der Waals surface area contributed by atoms with Gasteiger partial charge in [0.15, 0.2) is 0 Å². The van der Waals surface area contributed by atoms with Crippen LogP contribution in [0.25, 0.3) is 0 Å². The van der Waals surface area contributed by atoms with Gasteiger partial charge in [-0.1, -0.05) is 17.7 Å². The highest BCUT2D eigenvalue weighted by Crippen LogP contribution is 2.02. The Kier molecular flexibility index (Phi) is 3.19. The lowest BCUT2D eigenvalue weighted by molar-refractivity contribution is -0.449. The summed E-state index contributed by atoms with van der Waals surface area (Å²) in [5.74, 6) is 0.877. The number of nitrogens with one attached hydrogen (secondary N) is 3. The van der Waals surface area contributed by atoms with E-state index in [1.165, 1.54) is 0 Å². The Bertz CT molecular complexity index is 409. The first-order valence-corrected chi connectivity index (χ1v) is 5.48. The van der Waals surface area contributed by atoms with Gasteiger partial charge in [-0.15, -0.1) is 0 Å². The second-order valence-electron chi connectivity index (χ2n) is 3.95. The van der Waals surface area contributed by atoms with E-state index in [1.54, 1.807) is 0 Å². The summed E-state index contributed by atoms with van der Waals surface area (Å²) in [6.07, 6.45) is 2.08. The minimum Gasteiger partial charge on any atom is -0.277 e. The predicted molar refractivity (Wildman–Crippen MR) is 61.9 cm³/mol. The first-order chi connectivity index (χ1) is 7.75. The van der Waals surface area contributed by atoms with E-state index in [0.29, 0.717) is 5.56 Å². The molecule has 1 aliphatic rings. The van der Waals surface area contributed by atoms with Gasteiger partial charge < -0.3 is 0 Å². The number of hydrogen-bond acceptors (Lipinski definition) is 2. The lowest BCUT2D eigenvalue weighted by Crippen LogP contribution is -2.73. The van der Waals surface area contributed by atoms with Crippen molar-refractivity contribution in [3.63, 3.8) is 0 Å². The normalized spacial score (nSPS) is 14.4. The van der Waals surface area contributed by atoms with Crippen molar-refractivity contribution in [3.8, 4) is 0 Å². The quantitative estimate of drug-likeness (QED) is 0.557. The zero-order chi connectivity index (χ0) is 11.4. The van der Waals surface area contributed by atoms with Gasteiger partial charge in [-0.2, -0.15) is 10.9 Å². The van der Waals surface area contributed by atoms with Crippen molar-refractivity contribution in [2.24, 2.45) is 0 Å². The Balaban J connectivity index is 1.90. The van der Waals surface area contributed by atoms with Gasteiger partial charge in [0, 0.05) is 5.56 Å². The van der Waals surface area contributed by atoms with Crippen molar-refractivity contribution in [3.05, 3.63) is 35.4 Å². The van der Waals surface area contributed by atoms with E-state index in [1.807, 2.05) is 31.2 Å². The average Bonchev–Trinajstić information content (AvgIpc) is 2.80. The van der Waals surface area contributed by atoms with E-state index in [-0.39, 0.29) is 5.91 Å². The standard InChI is InChI=1S/C12H15N3O/c1-9-4-6-10(7-5-9)12(16)15-14-11-3-2-8-13-11/h4-7H,2-3,8H2,1H3,(H,13,14)(H,15,16)/p+1. The molecule has 0 spiro atoms. The van der Waals surface area contributed by atoms with Gasteiger partial charge in [-0.25, -0.2) is 0 Å². The minimum absolute atomic E-state index is 0.110. The molecule has 1 aromatic carbocycles. The third kappa shape index (κ3) is 2.59. The highest BCUT2D eigenvalue weighted by molar-refractivity contribution is 5.95. The summed E-state index contributed by atoms with van der Waals surface area (Å²) in [5, 5.41) is 0. The number of hydrogen-bond donors (Lipinski definition) is 3. The molecule has 1 aromatic rings. The summed E-state index contributed by atoms with van der Waals surface area (Å²) in [7, 11) is 0. The molecule has 0 saturated carbocycles. The van der Waals surface area contributed by atoms with Crippen LogP contribution in [-0.4, -0.2) is 18.3 Å². The molecule has 1 aliphatic heterocycles. The summed E-state index contributed by atoms with van der Waals surface area (Å²) in [4.78, 5) is 14.9. The van der Waals surface area contributed by atoms with Crippen LogP contribution < -0.4 is 15.8 Å². The van der Waals surface area contributed by atoms with E-state index in [4.69, 9.17) is 0 Å². The van der Waals surface area contributed by atoms with E-state index in [0.717, 1.165) is 30.8 Å². The molecular formula is C12H16N3O+.